The first-order valence-corrected chi connectivity index (χ1v) is 9.32. The van der Waals surface area contributed by atoms with Gasteiger partial charge < -0.3 is 19.5 Å². The van der Waals surface area contributed by atoms with Crippen LogP contribution in [0.4, 0.5) is 5.82 Å². The fourth-order valence-corrected chi connectivity index (χ4v) is 3.23. The fraction of sp³-hybridized carbons (Fsp3) is 0.333. The van der Waals surface area contributed by atoms with Gasteiger partial charge in [-0.3, -0.25) is 4.68 Å². The highest BCUT2D eigenvalue weighted by Gasteiger charge is 2.16. The minimum absolute atomic E-state index is 0.574. The first-order chi connectivity index (χ1) is 13.6. The lowest BCUT2D eigenvalue weighted by molar-refractivity contribution is 0.297. The van der Waals surface area contributed by atoms with Gasteiger partial charge in [0.15, 0.2) is 23.1 Å². The predicted octanol–water partition coefficient (Wildman–Crippen LogP) is 3.57. The van der Waals surface area contributed by atoms with Crippen LogP contribution in [0.3, 0.4) is 0 Å². The Bertz CT molecular complexity index is 984. The Morgan fingerprint density at radius 2 is 1.96 bits per heavy atom. The molecule has 4 rings (SSSR count). The maximum atomic E-state index is 5.83. The maximum absolute atomic E-state index is 5.83. The molecule has 146 valence electrons. The Kier molecular flexibility index (Phi) is 5.06. The van der Waals surface area contributed by atoms with Crippen LogP contribution in [0, 0.1) is 6.92 Å². The number of hydrogen-bond donors (Lipinski definition) is 1. The molecule has 0 atom stereocenters. The molecule has 0 fully saturated rings. The first kappa shape index (κ1) is 18.2. The van der Waals surface area contributed by atoms with Crippen molar-refractivity contribution in [2.45, 2.75) is 19.9 Å². The number of benzene rings is 1. The number of aryl methyl sites for hydroxylation is 2. The number of fused-ring (bicyclic) bond motifs is 1. The van der Waals surface area contributed by atoms with Crippen LogP contribution in [0.2, 0.25) is 0 Å². The summed E-state index contributed by atoms with van der Waals surface area (Å²) in [6, 6.07) is 9.81. The SMILES string of the molecule is COc1ccc(C)nc1NCc1cn(C)nc1-c1ccc2c(c1)OCCCO2. The number of pyridine rings is 1. The molecule has 0 bridgehead atoms. The Balaban J connectivity index is 1.61. The van der Waals surface area contributed by atoms with Crippen molar-refractivity contribution in [1.29, 1.82) is 0 Å². The summed E-state index contributed by atoms with van der Waals surface area (Å²) < 4.78 is 18.8. The van der Waals surface area contributed by atoms with Crippen molar-refractivity contribution in [3.63, 3.8) is 0 Å². The summed E-state index contributed by atoms with van der Waals surface area (Å²) in [4.78, 5) is 4.54. The third kappa shape index (κ3) is 3.74. The summed E-state index contributed by atoms with van der Waals surface area (Å²) in [5.41, 5.74) is 3.88. The molecule has 0 spiro atoms. The van der Waals surface area contributed by atoms with Crippen LogP contribution in [-0.2, 0) is 13.6 Å². The monoisotopic (exact) mass is 380 g/mol. The number of ether oxygens (including phenoxy) is 3. The van der Waals surface area contributed by atoms with E-state index in [9.17, 15) is 0 Å². The van der Waals surface area contributed by atoms with Crippen LogP contribution in [0.25, 0.3) is 11.3 Å². The van der Waals surface area contributed by atoms with E-state index in [1.807, 2.05) is 55.2 Å². The zero-order valence-corrected chi connectivity index (χ0v) is 16.4. The predicted molar refractivity (Wildman–Crippen MR) is 107 cm³/mol. The molecular weight excluding hydrogens is 356 g/mol. The molecule has 7 heteroatoms. The molecule has 28 heavy (non-hydrogen) atoms. The van der Waals surface area contributed by atoms with Gasteiger partial charge in [-0.2, -0.15) is 5.10 Å². The van der Waals surface area contributed by atoms with Gasteiger partial charge in [-0.25, -0.2) is 4.98 Å². The van der Waals surface area contributed by atoms with E-state index in [4.69, 9.17) is 14.2 Å². The molecule has 7 nitrogen and oxygen atoms in total. The van der Waals surface area contributed by atoms with E-state index >= 15 is 0 Å². The molecule has 0 radical (unpaired) electrons. The highest BCUT2D eigenvalue weighted by Crippen LogP contribution is 2.35. The summed E-state index contributed by atoms with van der Waals surface area (Å²) in [6.45, 7) is 3.87. The third-order valence-corrected chi connectivity index (χ3v) is 4.59. The second-order valence-corrected chi connectivity index (χ2v) is 6.75. The van der Waals surface area contributed by atoms with E-state index in [-0.39, 0.29) is 0 Å². The molecule has 0 aliphatic carbocycles. The van der Waals surface area contributed by atoms with Gasteiger partial charge in [0.05, 0.1) is 26.0 Å². The molecule has 1 aliphatic rings. The van der Waals surface area contributed by atoms with Crippen LogP contribution in [-0.4, -0.2) is 35.1 Å². The molecule has 1 N–H and O–H groups in total. The molecule has 3 aromatic rings. The lowest BCUT2D eigenvalue weighted by atomic mass is 10.1. The minimum atomic E-state index is 0.574. The normalized spacial score (nSPS) is 13.1. The van der Waals surface area contributed by atoms with Gasteiger partial charge in [-0.05, 0) is 37.3 Å². The van der Waals surface area contributed by atoms with E-state index in [0.29, 0.717) is 25.5 Å². The highest BCUT2D eigenvalue weighted by molar-refractivity contribution is 5.67. The lowest BCUT2D eigenvalue weighted by Gasteiger charge is -2.12. The minimum Gasteiger partial charge on any atom is -0.493 e. The summed E-state index contributed by atoms with van der Waals surface area (Å²) in [5, 5.41) is 8.03. The van der Waals surface area contributed by atoms with Gasteiger partial charge in [0.25, 0.3) is 0 Å². The Labute approximate surface area is 164 Å². The Hall–Kier alpha value is -3.22. The Morgan fingerprint density at radius 3 is 2.79 bits per heavy atom. The molecule has 0 unspecified atom stereocenters. The number of nitrogens with one attached hydrogen (secondary N) is 1. The first-order valence-electron chi connectivity index (χ1n) is 9.32. The third-order valence-electron chi connectivity index (χ3n) is 4.59. The van der Waals surface area contributed by atoms with Crippen molar-refractivity contribution in [3.8, 4) is 28.5 Å². The second-order valence-electron chi connectivity index (χ2n) is 6.75. The number of hydrogen-bond acceptors (Lipinski definition) is 6. The van der Waals surface area contributed by atoms with E-state index in [1.165, 1.54) is 0 Å². The van der Waals surface area contributed by atoms with Crippen molar-refractivity contribution in [3.05, 3.63) is 47.8 Å². The van der Waals surface area contributed by atoms with Crippen LogP contribution >= 0.6 is 0 Å². The van der Waals surface area contributed by atoms with Gasteiger partial charge in [0, 0.05) is 43.0 Å². The molecule has 1 aliphatic heterocycles. The van der Waals surface area contributed by atoms with Crippen molar-refractivity contribution >= 4 is 5.82 Å². The van der Waals surface area contributed by atoms with Crippen LogP contribution in [0.5, 0.6) is 17.2 Å². The van der Waals surface area contributed by atoms with Crippen molar-refractivity contribution < 1.29 is 14.2 Å². The molecule has 0 saturated carbocycles. The quantitative estimate of drug-likeness (QED) is 0.730. The van der Waals surface area contributed by atoms with Crippen molar-refractivity contribution in [1.82, 2.24) is 14.8 Å². The van der Waals surface area contributed by atoms with Crippen molar-refractivity contribution in [2.75, 3.05) is 25.6 Å². The van der Waals surface area contributed by atoms with E-state index in [2.05, 4.69) is 15.4 Å². The summed E-state index contributed by atoms with van der Waals surface area (Å²) in [6.07, 6.45) is 2.89. The average molecular weight is 380 g/mol. The maximum Gasteiger partial charge on any atom is 0.169 e. The standard InChI is InChI=1S/C21H24N4O3/c1-14-5-7-18(26-3)21(23-14)22-12-16-13-25(2)24-20(16)15-6-8-17-19(11-15)28-10-4-9-27-17/h5-8,11,13H,4,9-10,12H2,1-3H3,(H,22,23). The smallest absolute Gasteiger partial charge is 0.169 e. The molecular formula is C21H24N4O3. The molecule has 2 aromatic heterocycles. The summed E-state index contributed by atoms with van der Waals surface area (Å²) in [7, 11) is 3.56. The number of aromatic nitrogens is 3. The van der Waals surface area contributed by atoms with Crippen molar-refractivity contribution in [2.24, 2.45) is 7.05 Å². The van der Waals surface area contributed by atoms with Gasteiger partial charge in [-0.15, -0.1) is 0 Å². The topological polar surface area (TPSA) is 70.4 Å². The summed E-state index contributed by atoms with van der Waals surface area (Å²) >= 11 is 0. The largest absolute Gasteiger partial charge is 0.493 e. The molecule has 3 heterocycles. The zero-order chi connectivity index (χ0) is 19.5. The summed E-state index contributed by atoms with van der Waals surface area (Å²) in [5.74, 6) is 2.98. The Morgan fingerprint density at radius 1 is 1.14 bits per heavy atom. The van der Waals surface area contributed by atoms with Gasteiger partial charge in [0.2, 0.25) is 0 Å². The van der Waals surface area contributed by atoms with Crippen LogP contribution < -0.4 is 19.5 Å². The fourth-order valence-electron chi connectivity index (χ4n) is 3.23. The average Bonchev–Trinajstić information content (AvgIpc) is 2.91. The number of anilines is 1. The zero-order valence-electron chi connectivity index (χ0n) is 16.4. The molecule has 0 amide bonds. The highest BCUT2D eigenvalue weighted by atomic mass is 16.5. The molecule has 1 aromatic carbocycles. The number of methoxy groups -OCH3 is 1. The van der Waals surface area contributed by atoms with E-state index in [1.54, 1.807) is 7.11 Å². The second kappa shape index (κ2) is 7.80. The van der Waals surface area contributed by atoms with E-state index in [0.717, 1.165) is 46.3 Å². The van der Waals surface area contributed by atoms with E-state index < -0.39 is 0 Å². The van der Waals surface area contributed by atoms with Crippen LogP contribution in [0.1, 0.15) is 17.7 Å². The van der Waals surface area contributed by atoms with Gasteiger partial charge in [-0.1, -0.05) is 0 Å². The number of nitrogens with zero attached hydrogens (tertiary/aromatic N) is 3. The van der Waals surface area contributed by atoms with Gasteiger partial charge in [0.1, 0.15) is 0 Å². The van der Waals surface area contributed by atoms with Crippen LogP contribution in [0.15, 0.2) is 36.5 Å². The number of rotatable bonds is 5. The van der Waals surface area contributed by atoms with Gasteiger partial charge >= 0.3 is 0 Å². The lowest BCUT2D eigenvalue weighted by Crippen LogP contribution is -2.04. The molecule has 0 saturated heterocycles.